The molecule has 0 N–H and O–H groups in total. The predicted molar refractivity (Wildman–Crippen MR) is 82.6 cm³/mol. The molecule has 2 aromatic rings. The third kappa shape index (κ3) is 3.02. The van der Waals surface area contributed by atoms with Crippen molar-refractivity contribution in [3.63, 3.8) is 0 Å². The maximum atomic E-state index is 11.7. The summed E-state index contributed by atoms with van der Waals surface area (Å²) in [6.07, 6.45) is 8.18. The van der Waals surface area contributed by atoms with Crippen LogP contribution in [0.3, 0.4) is 0 Å². The number of aromatic nitrogens is 4. The molecule has 22 heavy (non-hydrogen) atoms. The molecule has 8 heteroatoms. The minimum Gasteiger partial charge on any atom is -0.266 e. The molecule has 3 rings (SSSR count). The molecule has 1 fully saturated rings. The summed E-state index contributed by atoms with van der Waals surface area (Å²) in [5.41, 5.74) is 2.49. The lowest BCUT2D eigenvalue weighted by Crippen LogP contribution is -2.38. The van der Waals surface area contributed by atoms with Crippen molar-refractivity contribution in [3.8, 4) is 11.4 Å². The van der Waals surface area contributed by atoms with Crippen molar-refractivity contribution in [2.75, 3.05) is 19.3 Å². The number of nitrogens with zero attached hydrogens (tertiary/aromatic N) is 5. The molecule has 0 radical (unpaired) electrons. The van der Waals surface area contributed by atoms with Crippen LogP contribution in [0.5, 0.6) is 0 Å². The van der Waals surface area contributed by atoms with Crippen LogP contribution in [0.2, 0.25) is 0 Å². The first-order valence-corrected chi connectivity index (χ1v) is 9.05. The van der Waals surface area contributed by atoms with Crippen LogP contribution < -0.4 is 0 Å². The van der Waals surface area contributed by atoms with Crippen molar-refractivity contribution in [2.24, 2.45) is 7.05 Å². The molecule has 1 saturated heterocycles. The molecule has 7 nitrogen and oxygen atoms in total. The molecule has 0 amide bonds. The first-order valence-electron chi connectivity index (χ1n) is 7.20. The fourth-order valence-corrected chi connectivity index (χ4v) is 3.72. The summed E-state index contributed by atoms with van der Waals surface area (Å²) < 4.78 is 26.8. The van der Waals surface area contributed by atoms with Crippen LogP contribution in [0.4, 0.5) is 0 Å². The van der Waals surface area contributed by atoms with Crippen LogP contribution in [0, 0.1) is 0 Å². The predicted octanol–water partition coefficient (Wildman–Crippen LogP) is 1.02. The zero-order valence-electron chi connectivity index (χ0n) is 12.7. The largest absolute Gasteiger partial charge is 0.266 e. The fourth-order valence-electron chi connectivity index (χ4n) is 2.81. The van der Waals surface area contributed by atoms with E-state index in [4.69, 9.17) is 0 Å². The third-order valence-electron chi connectivity index (χ3n) is 4.01. The molecule has 0 bridgehead atoms. The minimum absolute atomic E-state index is 0.0872. The van der Waals surface area contributed by atoms with Crippen LogP contribution in [0.15, 0.2) is 24.7 Å². The summed E-state index contributed by atoms with van der Waals surface area (Å²) in [6.45, 7) is 1.06. The van der Waals surface area contributed by atoms with Gasteiger partial charge in [-0.2, -0.15) is 5.10 Å². The quantitative estimate of drug-likeness (QED) is 0.843. The van der Waals surface area contributed by atoms with Crippen LogP contribution in [-0.4, -0.2) is 51.8 Å². The second-order valence-electron chi connectivity index (χ2n) is 5.63. The zero-order chi connectivity index (χ0) is 15.7. The van der Waals surface area contributed by atoms with E-state index in [1.165, 1.54) is 10.6 Å². The number of sulfonamides is 1. The van der Waals surface area contributed by atoms with Crippen molar-refractivity contribution in [2.45, 2.75) is 18.8 Å². The van der Waals surface area contributed by atoms with Crippen molar-refractivity contribution in [3.05, 3.63) is 30.4 Å². The molecule has 118 valence electrons. The highest BCUT2D eigenvalue weighted by Crippen LogP contribution is 2.27. The van der Waals surface area contributed by atoms with E-state index >= 15 is 0 Å². The Morgan fingerprint density at radius 2 is 2.14 bits per heavy atom. The molecule has 3 heterocycles. The normalized spacial score (nSPS) is 20.2. The SMILES string of the molecule is Cn1nccc1-c1cncc(C2CCCN(S(C)(=O)=O)C2)n1. The van der Waals surface area contributed by atoms with Gasteiger partial charge in [-0.3, -0.25) is 9.67 Å². The van der Waals surface area contributed by atoms with E-state index in [9.17, 15) is 8.42 Å². The highest BCUT2D eigenvalue weighted by molar-refractivity contribution is 7.88. The smallest absolute Gasteiger partial charge is 0.211 e. The van der Waals surface area contributed by atoms with Gasteiger partial charge in [-0.05, 0) is 18.9 Å². The van der Waals surface area contributed by atoms with E-state index in [0.717, 1.165) is 29.9 Å². The Bertz CT molecular complexity index is 771. The minimum atomic E-state index is -3.16. The second-order valence-corrected chi connectivity index (χ2v) is 7.61. The highest BCUT2D eigenvalue weighted by atomic mass is 32.2. The Labute approximate surface area is 130 Å². The Morgan fingerprint density at radius 1 is 1.32 bits per heavy atom. The Hall–Kier alpha value is -1.80. The van der Waals surface area contributed by atoms with Gasteiger partial charge in [-0.1, -0.05) is 0 Å². The number of rotatable bonds is 3. The maximum absolute atomic E-state index is 11.7. The third-order valence-corrected chi connectivity index (χ3v) is 5.28. The molecule has 1 aliphatic heterocycles. The number of hydrogen-bond donors (Lipinski definition) is 0. The standard InChI is InChI=1S/C14H19N5O2S/c1-18-14(5-6-16-18)13-9-15-8-12(17-13)11-4-3-7-19(10-11)22(2,20)21/h5-6,8-9,11H,3-4,7,10H2,1-2H3. The maximum Gasteiger partial charge on any atom is 0.211 e. The molecule has 2 aromatic heterocycles. The van der Waals surface area contributed by atoms with E-state index in [2.05, 4.69) is 15.1 Å². The zero-order valence-corrected chi connectivity index (χ0v) is 13.5. The van der Waals surface area contributed by atoms with Gasteiger partial charge < -0.3 is 0 Å². The van der Waals surface area contributed by atoms with Crippen molar-refractivity contribution in [1.82, 2.24) is 24.1 Å². The van der Waals surface area contributed by atoms with Crippen LogP contribution in [-0.2, 0) is 17.1 Å². The lowest BCUT2D eigenvalue weighted by Gasteiger charge is -2.30. The number of piperidine rings is 1. The van der Waals surface area contributed by atoms with E-state index in [1.54, 1.807) is 23.3 Å². The van der Waals surface area contributed by atoms with Crippen molar-refractivity contribution >= 4 is 10.0 Å². The van der Waals surface area contributed by atoms with Gasteiger partial charge in [-0.15, -0.1) is 0 Å². The number of hydrogen-bond acceptors (Lipinski definition) is 5. The lowest BCUT2D eigenvalue weighted by molar-refractivity contribution is 0.314. The summed E-state index contributed by atoms with van der Waals surface area (Å²) in [7, 11) is -1.30. The molecular weight excluding hydrogens is 302 g/mol. The van der Waals surface area contributed by atoms with E-state index in [-0.39, 0.29) is 5.92 Å². The van der Waals surface area contributed by atoms with E-state index in [1.807, 2.05) is 13.1 Å². The highest BCUT2D eigenvalue weighted by Gasteiger charge is 2.28. The van der Waals surface area contributed by atoms with Gasteiger partial charge in [-0.25, -0.2) is 17.7 Å². The average Bonchev–Trinajstić information content (AvgIpc) is 2.93. The van der Waals surface area contributed by atoms with Crippen LogP contribution in [0.1, 0.15) is 24.5 Å². The Morgan fingerprint density at radius 3 is 2.82 bits per heavy atom. The average molecular weight is 321 g/mol. The van der Waals surface area contributed by atoms with Gasteiger partial charge in [0.1, 0.15) is 5.69 Å². The van der Waals surface area contributed by atoms with Crippen LogP contribution in [0.25, 0.3) is 11.4 Å². The number of aryl methyl sites for hydroxylation is 1. The fraction of sp³-hybridized carbons (Fsp3) is 0.500. The first kappa shape index (κ1) is 15.1. The summed E-state index contributed by atoms with van der Waals surface area (Å²) in [4.78, 5) is 8.94. The van der Waals surface area contributed by atoms with Gasteiger partial charge in [0.25, 0.3) is 0 Å². The molecule has 1 atom stereocenters. The van der Waals surface area contributed by atoms with E-state index < -0.39 is 10.0 Å². The van der Waals surface area contributed by atoms with Gasteiger partial charge in [0.15, 0.2) is 0 Å². The molecule has 0 aromatic carbocycles. The van der Waals surface area contributed by atoms with Gasteiger partial charge in [0.2, 0.25) is 10.0 Å². The van der Waals surface area contributed by atoms with Gasteiger partial charge in [0.05, 0.1) is 23.8 Å². The molecule has 0 spiro atoms. The van der Waals surface area contributed by atoms with Crippen LogP contribution >= 0.6 is 0 Å². The van der Waals surface area contributed by atoms with E-state index in [0.29, 0.717) is 13.1 Å². The first-order chi connectivity index (χ1) is 10.4. The molecule has 0 aliphatic carbocycles. The Balaban J connectivity index is 1.88. The summed E-state index contributed by atoms with van der Waals surface area (Å²) in [6, 6.07) is 1.89. The topological polar surface area (TPSA) is 81.0 Å². The summed E-state index contributed by atoms with van der Waals surface area (Å²) >= 11 is 0. The van der Waals surface area contributed by atoms with Gasteiger partial charge in [0, 0.05) is 38.4 Å². The van der Waals surface area contributed by atoms with Gasteiger partial charge >= 0.3 is 0 Å². The van der Waals surface area contributed by atoms with Crippen molar-refractivity contribution in [1.29, 1.82) is 0 Å². The second kappa shape index (κ2) is 5.77. The molecule has 1 aliphatic rings. The monoisotopic (exact) mass is 321 g/mol. The van der Waals surface area contributed by atoms with Crippen molar-refractivity contribution < 1.29 is 8.42 Å². The summed E-state index contributed by atoms with van der Waals surface area (Å²) in [5, 5.41) is 4.14. The molecular formula is C14H19N5O2S. The lowest BCUT2D eigenvalue weighted by atomic mass is 9.96. The molecule has 0 saturated carbocycles. The summed E-state index contributed by atoms with van der Waals surface area (Å²) in [5.74, 6) is 0.0872. The Kier molecular flexibility index (Phi) is 3.96. The molecule has 1 unspecified atom stereocenters.